The molecule has 3 fully saturated rings. The number of hydrogen-bond acceptors (Lipinski definition) is 5. The lowest BCUT2D eigenvalue weighted by atomic mass is 9.71. The van der Waals surface area contributed by atoms with Crippen LogP contribution in [0.15, 0.2) is 34.7 Å². The van der Waals surface area contributed by atoms with E-state index in [4.69, 9.17) is 4.42 Å². The molecule has 0 bridgehead atoms. The van der Waals surface area contributed by atoms with Crippen LogP contribution in [0, 0.1) is 5.41 Å². The minimum atomic E-state index is 0.123. The van der Waals surface area contributed by atoms with Gasteiger partial charge in [0.15, 0.2) is 0 Å². The molecule has 6 nitrogen and oxygen atoms in total. The normalized spacial score (nSPS) is 25.9. The average Bonchev–Trinajstić information content (AvgIpc) is 3.25. The van der Waals surface area contributed by atoms with Gasteiger partial charge in [-0.3, -0.25) is 4.79 Å². The quantitative estimate of drug-likeness (QED) is 0.876. The number of hydrogen-bond donors (Lipinski definition) is 1. The second-order valence-electron chi connectivity index (χ2n) is 8.46. The van der Waals surface area contributed by atoms with Gasteiger partial charge < -0.3 is 14.6 Å². The molecule has 2 heterocycles. The standard InChI is InChI=1S/C21H26N4O2/c26-18(25-10-8-21(6-7-21)9-11-25)14-22-20-24-23-19(27-20)17-12-16(13-17)15-4-2-1-3-5-15/h1-5,16-17H,6-14H2,(H,22,24). The Morgan fingerprint density at radius 3 is 2.52 bits per heavy atom. The average molecular weight is 366 g/mol. The van der Waals surface area contributed by atoms with Gasteiger partial charge in [-0.1, -0.05) is 35.4 Å². The fourth-order valence-electron chi connectivity index (χ4n) is 4.46. The molecule has 1 aliphatic heterocycles. The Bertz CT molecular complexity index is 799. The molecule has 1 spiro atoms. The lowest BCUT2D eigenvalue weighted by Gasteiger charge is -2.33. The second kappa shape index (κ2) is 6.66. The van der Waals surface area contributed by atoms with E-state index in [9.17, 15) is 4.79 Å². The summed E-state index contributed by atoms with van der Waals surface area (Å²) in [6, 6.07) is 10.9. The van der Waals surface area contributed by atoms with Crippen LogP contribution in [0.5, 0.6) is 0 Å². The van der Waals surface area contributed by atoms with Crippen LogP contribution in [-0.2, 0) is 4.79 Å². The lowest BCUT2D eigenvalue weighted by Crippen LogP contribution is -2.41. The van der Waals surface area contributed by atoms with Crippen LogP contribution in [0.25, 0.3) is 0 Å². The van der Waals surface area contributed by atoms with E-state index in [-0.39, 0.29) is 12.5 Å². The molecule has 0 unspecified atom stereocenters. The Morgan fingerprint density at radius 1 is 1.07 bits per heavy atom. The summed E-state index contributed by atoms with van der Waals surface area (Å²) >= 11 is 0. The highest BCUT2D eigenvalue weighted by atomic mass is 16.4. The van der Waals surface area contributed by atoms with Crippen molar-refractivity contribution in [3.05, 3.63) is 41.8 Å². The fraction of sp³-hybridized carbons (Fsp3) is 0.571. The number of nitrogens with one attached hydrogen (secondary N) is 1. The zero-order valence-electron chi connectivity index (χ0n) is 15.6. The zero-order chi connectivity index (χ0) is 18.3. The minimum absolute atomic E-state index is 0.123. The van der Waals surface area contributed by atoms with E-state index >= 15 is 0 Å². The zero-order valence-corrected chi connectivity index (χ0v) is 15.6. The SMILES string of the molecule is O=C(CNc1nnc(C2CC(c3ccccc3)C2)o1)N1CCC2(CC1)CC2. The van der Waals surface area contributed by atoms with Crippen molar-refractivity contribution in [1.82, 2.24) is 15.1 Å². The van der Waals surface area contributed by atoms with E-state index in [2.05, 4.69) is 39.8 Å². The van der Waals surface area contributed by atoms with E-state index in [0.29, 0.717) is 29.2 Å². The van der Waals surface area contributed by atoms with E-state index in [0.717, 1.165) is 38.8 Å². The number of benzene rings is 1. The molecular weight excluding hydrogens is 340 g/mol. The first-order valence-corrected chi connectivity index (χ1v) is 10.1. The molecule has 27 heavy (non-hydrogen) atoms. The van der Waals surface area contributed by atoms with E-state index in [1.807, 2.05) is 11.0 Å². The molecule has 142 valence electrons. The number of likely N-dealkylation sites (tertiary alicyclic amines) is 1. The maximum absolute atomic E-state index is 12.4. The molecule has 6 heteroatoms. The smallest absolute Gasteiger partial charge is 0.315 e. The molecule has 2 aliphatic carbocycles. The number of anilines is 1. The summed E-state index contributed by atoms with van der Waals surface area (Å²) in [5.74, 6) is 1.71. The van der Waals surface area contributed by atoms with Crippen molar-refractivity contribution in [2.75, 3.05) is 25.0 Å². The molecule has 0 atom stereocenters. The van der Waals surface area contributed by atoms with Crippen molar-refractivity contribution in [3.63, 3.8) is 0 Å². The van der Waals surface area contributed by atoms with Crippen molar-refractivity contribution in [2.45, 2.75) is 50.4 Å². The van der Waals surface area contributed by atoms with E-state index in [1.165, 1.54) is 18.4 Å². The summed E-state index contributed by atoms with van der Waals surface area (Å²) in [5, 5.41) is 11.3. The van der Waals surface area contributed by atoms with Gasteiger partial charge in [-0.05, 0) is 55.4 Å². The highest BCUT2D eigenvalue weighted by Crippen LogP contribution is 2.53. The van der Waals surface area contributed by atoms with Gasteiger partial charge in [-0.2, -0.15) is 0 Å². The highest BCUT2D eigenvalue weighted by molar-refractivity contribution is 5.80. The Balaban J connectivity index is 1.09. The molecule has 2 aromatic rings. The number of amides is 1. The summed E-state index contributed by atoms with van der Waals surface area (Å²) in [6.45, 7) is 2.00. The number of piperidine rings is 1. The Hall–Kier alpha value is -2.37. The van der Waals surface area contributed by atoms with Crippen LogP contribution in [0.3, 0.4) is 0 Å². The van der Waals surface area contributed by atoms with Gasteiger partial charge in [0.2, 0.25) is 11.8 Å². The first kappa shape index (κ1) is 16.8. The largest absolute Gasteiger partial charge is 0.408 e. The Labute approximate surface area is 159 Å². The molecule has 1 aromatic heterocycles. The summed E-state index contributed by atoms with van der Waals surface area (Å²) in [5.41, 5.74) is 1.97. The van der Waals surface area contributed by atoms with Gasteiger partial charge in [0.05, 0.1) is 6.54 Å². The molecule has 5 rings (SSSR count). The van der Waals surface area contributed by atoms with Gasteiger partial charge in [0.25, 0.3) is 0 Å². The minimum Gasteiger partial charge on any atom is -0.408 e. The summed E-state index contributed by atoms with van der Waals surface area (Å²) < 4.78 is 5.75. The number of aromatic nitrogens is 2. The Morgan fingerprint density at radius 2 is 1.81 bits per heavy atom. The van der Waals surface area contributed by atoms with Crippen molar-refractivity contribution in [3.8, 4) is 0 Å². The molecule has 1 amide bonds. The van der Waals surface area contributed by atoms with Crippen LogP contribution in [0.2, 0.25) is 0 Å². The predicted octanol–water partition coefficient (Wildman–Crippen LogP) is 3.55. The number of carbonyl (C=O) groups is 1. The number of nitrogens with zero attached hydrogens (tertiary/aromatic N) is 3. The van der Waals surface area contributed by atoms with Gasteiger partial charge in [-0.25, -0.2) is 0 Å². The van der Waals surface area contributed by atoms with Crippen LogP contribution < -0.4 is 5.32 Å². The van der Waals surface area contributed by atoms with Crippen molar-refractivity contribution in [1.29, 1.82) is 0 Å². The van der Waals surface area contributed by atoms with Crippen LogP contribution >= 0.6 is 0 Å². The van der Waals surface area contributed by atoms with Gasteiger partial charge in [0.1, 0.15) is 0 Å². The third kappa shape index (κ3) is 3.45. The third-order valence-electron chi connectivity index (χ3n) is 6.72. The second-order valence-corrected chi connectivity index (χ2v) is 8.46. The molecule has 1 saturated heterocycles. The lowest BCUT2D eigenvalue weighted by molar-refractivity contribution is -0.130. The van der Waals surface area contributed by atoms with E-state index < -0.39 is 0 Å². The molecule has 1 aromatic carbocycles. The molecular formula is C21H26N4O2. The van der Waals surface area contributed by atoms with Gasteiger partial charge in [0, 0.05) is 19.0 Å². The van der Waals surface area contributed by atoms with Gasteiger partial charge >= 0.3 is 6.01 Å². The monoisotopic (exact) mass is 366 g/mol. The van der Waals surface area contributed by atoms with Gasteiger partial charge in [-0.15, -0.1) is 5.10 Å². The van der Waals surface area contributed by atoms with Crippen LogP contribution in [0.1, 0.15) is 61.8 Å². The van der Waals surface area contributed by atoms with Crippen LogP contribution in [0.4, 0.5) is 6.01 Å². The van der Waals surface area contributed by atoms with Crippen molar-refractivity contribution in [2.24, 2.45) is 5.41 Å². The van der Waals surface area contributed by atoms with Crippen LogP contribution in [-0.4, -0.2) is 40.6 Å². The van der Waals surface area contributed by atoms with E-state index in [1.54, 1.807) is 0 Å². The third-order valence-corrected chi connectivity index (χ3v) is 6.72. The topological polar surface area (TPSA) is 71.3 Å². The molecule has 0 radical (unpaired) electrons. The highest BCUT2D eigenvalue weighted by Gasteiger charge is 2.45. The molecule has 3 aliphatic rings. The van der Waals surface area contributed by atoms with Crippen molar-refractivity contribution >= 4 is 11.9 Å². The number of rotatable bonds is 5. The summed E-state index contributed by atoms with van der Waals surface area (Å²) in [7, 11) is 0. The summed E-state index contributed by atoms with van der Waals surface area (Å²) in [6.07, 6.45) is 7.11. The summed E-state index contributed by atoms with van der Waals surface area (Å²) in [4.78, 5) is 14.3. The Kier molecular flexibility index (Phi) is 4.14. The predicted molar refractivity (Wildman–Crippen MR) is 101 cm³/mol. The molecule has 1 N–H and O–H groups in total. The first-order valence-electron chi connectivity index (χ1n) is 10.1. The van der Waals surface area contributed by atoms with Crippen molar-refractivity contribution < 1.29 is 9.21 Å². The number of carbonyl (C=O) groups excluding carboxylic acids is 1. The molecule has 2 saturated carbocycles. The first-order chi connectivity index (χ1) is 13.2. The maximum Gasteiger partial charge on any atom is 0.315 e. The maximum atomic E-state index is 12.4. The fourth-order valence-corrected chi connectivity index (χ4v) is 4.46.